The lowest BCUT2D eigenvalue weighted by atomic mass is 10.2. The van der Waals surface area contributed by atoms with Crippen LogP contribution in [0, 0.1) is 0 Å². The van der Waals surface area contributed by atoms with Gasteiger partial charge in [0, 0.05) is 6.42 Å². The molecule has 0 aromatic heterocycles. The van der Waals surface area contributed by atoms with E-state index in [1.54, 1.807) is 13.0 Å². The van der Waals surface area contributed by atoms with Crippen molar-refractivity contribution in [3.8, 4) is 0 Å². The third-order valence-electron chi connectivity index (χ3n) is 1.71. The van der Waals surface area contributed by atoms with Crippen molar-refractivity contribution in [1.29, 1.82) is 0 Å². The smallest absolute Gasteiger partial charge is 0.295 e. The van der Waals surface area contributed by atoms with E-state index in [2.05, 4.69) is 0 Å². The molecule has 0 spiro atoms. The molecule has 0 aliphatic heterocycles. The van der Waals surface area contributed by atoms with Crippen molar-refractivity contribution in [2.75, 3.05) is 0 Å². The molecule has 0 aliphatic rings. The van der Waals surface area contributed by atoms with Crippen molar-refractivity contribution in [2.24, 2.45) is 0 Å². The maximum Gasteiger partial charge on any atom is 0.295 e. The van der Waals surface area contributed by atoms with Crippen LogP contribution in [0.5, 0.6) is 0 Å². The topological polar surface area (TPSA) is 74.6 Å². The lowest BCUT2D eigenvalue weighted by Crippen LogP contribution is -2.36. The van der Waals surface area contributed by atoms with Crippen LogP contribution in [0.4, 0.5) is 0 Å². The van der Waals surface area contributed by atoms with Crippen LogP contribution in [0.15, 0.2) is 12.2 Å². The van der Waals surface area contributed by atoms with Crippen LogP contribution >= 0.6 is 0 Å². The molecule has 0 heterocycles. The van der Waals surface area contributed by atoms with Crippen LogP contribution < -0.4 is 0 Å². The molecule has 12 heavy (non-hydrogen) atoms. The van der Waals surface area contributed by atoms with Gasteiger partial charge in [-0.15, -0.1) is 0 Å². The average Bonchev–Trinajstić information content (AvgIpc) is 1.98. The molecule has 0 aromatic rings. The third kappa shape index (κ3) is 2.58. The van der Waals surface area contributed by atoms with Gasteiger partial charge >= 0.3 is 0 Å². The summed E-state index contributed by atoms with van der Waals surface area (Å²) >= 11 is 0. The molecule has 0 fully saturated rings. The van der Waals surface area contributed by atoms with Crippen molar-refractivity contribution in [2.45, 2.75) is 31.6 Å². The van der Waals surface area contributed by atoms with Crippen LogP contribution in [-0.2, 0) is 10.1 Å². The zero-order valence-electron chi connectivity index (χ0n) is 7.19. The van der Waals surface area contributed by atoms with Gasteiger partial charge in [-0.3, -0.25) is 4.55 Å². The van der Waals surface area contributed by atoms with Crippen molar-refractivity contribution < 1.29 is 18.1 Å². The molecule has 0 bridgehead atoms. The first-order valence-corrected chi connectivity index (χ1v) is 5.12. The number of hydrogen-bond donors (Lipinski definition) is 2. The van der Waals surface area contributed by atoms with Crippen molar-refractivity contribution >= 4 is 10.1 Å². The standard InChI is InChI=1S/C7H14O4S/c1-3-5-6-7(8,4-2)12(9,10)11/h3,5,8H,4,6H2,1-2H3,(H,9,10,11). The Morgan fingerprint density at radius 3 is 2.25 bits per heavy atom. The molecule has 0 aromatic carbocycles. The van der Waals surface area contributed by atoms with Crippen LogP contribution in [0.25, 0.3) is 0 Å². The first kappa shape index (κ1) is 11.6. The van der Waals surface area contributed by atoms with Crippen molar-refractivity contribution in [1.82, 2.24) is 0 Å². The fourth-order valence-corrected chi connectivity index (χ4v) is 1.41. The van der Waals surface area contributed by atoms with Gasteiger partial charge in [-0.25, -0.2) is 0 Å². The Kier molecular flexibility index (Phi) is 3.89. The Morgan fingerprint density at radius 2 is 2.00 bits per heavy atom. The summed E-state index contributed by atoms with van der Waals surface area (Å²) in [6.07, 6.45) is 3.00. The number of hydrogen-bond acceptors (Lipinski definition) is 3. The summed E-state index contributed by atoms with van der Waals surface area (Å²) in [7, 11) is -4.38. The summed E-state index contributed by atoms with van der Waals surface area (Å²) in [5, 5.41) is 9.40. The summed E-state index contributed by atoms with van der Waals surface area (Å²) in [6.45, 7) is 3.21. The van der Waals surface area contributed by atoms with E-state index in [4.69, 9.17) is 4.55 Å². The molecule has 2 N–H and O–H groups in total. The Morgan fingerprint density at radius 1 is 1.50 bits per heavy atom. The van der Waals surface area contributed by atoms with Gasteiger partial charge < -0.3 is 5.11 Å². The second-order valence-corrected chi connectivity index (χ2v) is 4.26. The molecule has 0 saturated heterocycles. The minimum absolute atomic E-state index is 0.0316. The Hall–Kier alpha value is -0.390. The molecule has 5 heteroatoms. The Bertz CT molecular complexity index is 255. The highest BCUT2D eigenvalue weighted by Gasteiger charge is 2.37. The van der Waals surface area contributed by atoms with E-state index < -0.39 is 15.1 Å². The normalized spacial score (nSPS) is 18.0. The summed E-state index contributed by atoms with van der Waals surface area (Å²) in [5.74, 6) is 0. The molecular weight excluding hydrogens is 180 g/mol. The average molecular weight is 194 g/mol. The van der Waals surface area contributed by atoms with Gasteiger partial charge in [0.25, 0.3) is 10.1 Å². The van der Waals surface area contributed by atoms with E-state index in [-0.39, 0.29) is 12.8 Å². The van der Waals surface area contributed by atoms with Crippen LogP contribution in [0.1, 0.15) is 26.7 Å². The molecule has 0 radical (unpaired) electrons. The Balaban J connectivity index is 4.69. The van der Waals surface area contributed by atoms with Gasteiger partial charge in [-0.1, -0.05) is 19.1 Å². The maximum atomic E-state index is 10.7. The Labute approximate surface area is 72.7 Å². The minimum atomic E-state index is -4.38. The highest BCUT2D eigenvalue weighted by molar-refractivity contribution is 7.87. The fourth-order valence-electron chi connectivity index (χ4n) is 0.734. The third-order valence-corrected chi connectivity index (χ3v) is 3.12. The van der Waals surface area contributed by atoms with Gasteiger partial charge in [0.15, 0.2) is 4.93 Å². The summed E-state index contributed by atoms with van der Waals surface area (Å²) in [5.41, 5.74) is 0. The van der Waals surface area contributed by atoms with Crippen molar-refractivity contribution in [3.63, 3.8) is 0 Å². The lowest BCUT2D eigenvalue weighted by Gasteiger charge is -2.20. The van der Waals surface area contributed by atoms with E-state index in [0.29, 0.717) is 0 Å². The fraction of sp³-hybridized carbons (Fsp3) is 0.714. The van der Waals surface area contributed by atoms with Crippen LogP contribution in [0.2, 0.25) is 0 Å². The molecule has 4 nitrogen and oxygen atoms in total. The van der Waals surface area contributed by atoms with Gasteiger partial charge in [0.1, 0.15) is 0 Å². The van der Waals surface area contributed by atoms with E-state index in [9.17, 15) is 13.5 Å². The van der Waals surface area contributed by atoms with E-state index >= 15 is 0 Å². The predicted molar refractivity (Wildman–Crippen MR) is 46.2 cm³/mol. The molecule has 1 atom stereocenters. The summed E-state index contributed by atoms with van der Waals surface area (Å²) < 4.78 is 30.0. The van der Waals surface area contributed by atoms with Crippen molar-refractivity contribution in [3.05, 3.63) is 12.2 Å². The molecule has 72 valence electrons. The highest BCUT2D eigenvalue weighted by Crippen LogP contribution is 2.21. The first-order chi connectivity index (χ1) is 5.37. The second-order valence-electron chi connectivity index (χ2n) is 2.55. The molecule has 1 unspecified atom stereocenters. The maximum absolute atomic E-state index is 10.7. The number of rotatable bonds is 4. The highest BCUT2D eigenvalue weighted by atomic mass is 32.2. The second kappa shape index (κ2) is 4.02. The molecule has 0 aliphatic carbocycles. The number of aliphatic hydroxyl groups is 1. The molecule has 0 amide bonds. The quantitative estimate of drug-likeness (QED) is 0.516. The van der Waals surface area contributed by atoms with Gasteiger partial charge in [0.2, 0.25) is 0 Å². The zero-order chi connectivity index (χ0) is 9.83. The molecule has 0 rings (SSSR count). The monoisotopic (exact) mass is 194 g/mol. The first-order valence-electron chi connectivity index (χ1n) is 3.68. The zero-order valence-corrected chi connectivity index (χ0v) is 8.00. The largest absolute Gasteiger partial charge is 0.372 e. The van der Waals surface area contributed by atoms with Crippen LogP contribution in [-0.4, -0.2) is 23.0 Å². The molecule has 0 saturated carbocycles. The predicted octanol–water partition coefficient (Wildman–Crippen LogP) is 0.939. The minimum Gasteiger partial charge on any atom is -0.372 e. The van der Waals surface area contributed by atoms with Gasteiger partial charge in [-0.2, -0.15) is 8.42 Å². The van der Waals surface area contributed by atoms with Gasteiger partial charge in [0.05, 0.1) is 0 Å². The lowest BCUT2D eigenvalue weighted by molar-refractivity contribution is 0.112. The van der Waals surface area contributed by atoms with Gasteiger partial charge in [-0.05, 0) is 13.3 Å². The SMILES string of the molecule is CC=CCC(O)(CC)S(=O)(=O)O. The van der Waals surface area contributed by atoms with E-state index in [1.165, 1.54) is 13.0 Å². The van der Waals surface area contributed by atoms with Crippen LogP contribution in [0.3, 0.4) is 0 Å². The number of allylic oxidation sites excluding steroid dienone is 1. The summed E-state index contributed by atoms with van der Waals surface area (Å²) in [6, 6.07) is 0. The summed E-state index contributed by atoms with van der Waals surface area (Å²) in [4.78, 5) is -2.03. The van der Waals surface area contributed by atoms with E-state index in [1.807, 2.05) is 0 Å². The molecular formula is C7H14O4S. The van der Waals surface area contributed by atoms with E-state index in [0.717, 1.165) is 0 Å².